The van der Waals surface area contributed by atoms with Crippen molar-refractivity contribution in [1.82, 2.24) is 0 Å². The van der Waals surface area contributed by atoms with Crippen molar-refractivity contribution in [3.05, 3.63) is 0 Å². The zero-order valence-electron chi connectivity index (χ0n) is 9.14. The van der Waals surface area contributed by atoms with Gasteiger partial charge in [0.1, 0.15) is 0 Å². The normalized spacial score (nSPS) is 12.0. The van der Waals surface area contributed by atoms with Crippen molar-refractivity contribution in [2.24, 2.45) is 5.73 Å². The fourth-order valence-corrected chi connectivity index (χ4v) is 1.04. The van der Waals surface area contributed by atoms with Crippen LogP contribution in [0.5, 0.6) is 0 Å². The van der Waals surface area contributed by atoms with Crippen LogP contribution in [0.1, 0.15) is 33.6 Å². The number of nitrogens with two attached hydrogens (primary N) is 1. The second-order valence-corrected chi connectivity index (χ2v) is 3.76. The van der Waals surface area contributed by atoms with Crippen LogP contribution >= 0.6 is 0 Å². The van der Waals surface area contributed by atoms with Gasteiger partial charge in [0.25, 0.3) is 0 Å². The predicted molar refractivity (Wildman–Crippen MR) is 54.8 cm³/mol. The smallest absolute Gasteiger partial charge is 0.0707 e. The first-order valence-electron chi connectivity index (χ1n) is 5.04. The molecule has 0 aromatic rings. The SMILES string of the molecule is CCCOCCOC(C)(C)CCN. The molecule has 0 aliphatic rings. The van der Waals surface area contributed by atoms with Crippen molar-refractivity contribution >= 4 is 0 Å². The van der Waals surface area contributed by atoms with E-state index in [9.17, 15) is 0 Å². The van der Waals surface area contributed by atoms with Crippen LogP contribution < -0.4 is 5.73 Å². The highest BCUT2D eigenvalue weighted by molar-refractivity contribution is 4.68. The number of hydrogen-bond acceptors (Lipinski definition) is 3. The first-order valence-corrected chi connectivity index (χ1v) is 5.04. The van der Waals surface area contributed by atoms with Gasteiger partial charge < -0.3 is 15.2 Å². The lowest BCUT2D eigenvalue weighted by Gasteiger charge is -2.24. The predicted octanol–water partition coefficient (Wildman–Crippen LogP) is 1.56. The van der Waals surface area contributed by atoms with Gasteiger partial charge in [-0.2, -0.15) is 0 Å². The Morgan fingerprint density at radius 3 is 2.38 bits per heavy atom. The maximum absolute atomic E-state index is 5.61. The molecule has 80 valence electrons. The topological polar surface area (TPSA) is 44.5 Å². The fourth-order valence-electron chi connectivity index (χ4n) is 1.04. The molecule has 13 heavy (non-hydrogen) atoms. The molecule has 0 saturated carbocycles. The summed E-state index contributed by atoms with van der Waals surface area (Å²) in [5.74, 6) is 0. The molecule has 0 aromatic heterocycles. The summed E-state index contributed by atoms with van der Waals surface area (Å²) >= 11 is 0. The van der Waals surface area contributed by atoms with Crippen molar-refractivity contribution in [2.45, 2.75) is 39.2 Å². The van der Waals surface area contributed by atoms with Crippen molar-refractivity contribution in [3.8, 4) is 0 Å². The summed E-state index contributed by atoms with van der Waals surface area (Å²) in [5.41, 5.74) is 5.35. The number of hydrogen-bond donors (Lipinski definition) is 1. The maximum atomic E-state index is 5.61. The van der Waals surface area contributed by atoms with E-state index in [0.29, 0.717) is 19.8 Å². The van der Waals surface area contributed by atoms with Crippen LogP contribution in [0.2, 0.25) is 0 Å². The summed E-state index contributed by atoms with van der Waals surface area (Å²) < 4.78 is 10.9. The van der Waals surface area contributed by atoms with Gasteiger partial charge in [-0.3, -0.25) is 0 Å². The van der Waals surface area contributed by atoms with E-state index in [2.05, 4.69) is 20.8 Å². The Kier molecular flexibility index (Phi) is 7.23. The van der Waals surface area contributed by atoms with E-state index in [1.54, 1.807) is 0 Å². The molecule has 0 aromatic carbocycles. The second-order valence-electron chi connectivity index (χ2n) is 3.76. The minimum absolute atomic E-state index is 0.107. The third-order valence-corrected chi connectivity index (χ3v) is 1.82. The zero-order chi connectivity index (χ0) is 10.2. The Bertz CT molecular complexity index is 115. The summed E-state index contributed by atoms with van der Waals surface area (Å²) in [5, 5.41) is 0. The van der Waals surface area contributed by atoms with E-state index >= 15 is 0 Å². The number of rotatable bonds is 8. The van der Waals surface area contributed by atoms with Gasteiger partial charge in [0, 0.05) is 6.61 Å². The van der Waals surface area contributed by atoms with Gasteiger partial charge in [-0.15, -0.1) is 0 Å². The highest BCUT2D eigenvalue weighted by Crippen LogP contribution is 2.12. The van der Waals surface area contributed by atoms with Crippen LogP contribution in [-0.4, -0.2) is 32.0 Å². The summed E-state index contributed by atoms with van der Waals surface area (Å²) in [6.07, 6.45) is 1.95. The lowest BCUT2D eigenvalue weighted by Crippen LogP contribution is -2.29. The molecule has 3 nitrogen and oxygen atoms in total. The van der Waals surface area contributed by atoms with E-state index in [0.717, 1.165) is 19.4 Å². The van der Waals surface area contributed by atoms with Crippen LogP contribution in [0.25, 0.3) is 0 Å². The molecule has 0 amide bonds. The molecule has 0 atom stereocenters. The molecule has 0 bridgehead atoms. The maximum Gasteiger partial charge on any atom is 0.0707 e. The first-order chi connectivity index (χ1) is 6.12. The molecule has 0 rings (SSSR count). The van der Waals surface area contributed by atoms with E-state index in [1.807, 2.05) is 0 Å². The third-order valence-electron chi connectivity index (χ3n) is 1.82. The van der Waals surface area contributed by atoms with Gasteiger partial charge >= 0.3 is 0 Å². The van der Waals surface area contributed by atoms with Crippen molar-refractivity contribution in [3.63, 3.8) is 0 Å². The van der Waals surface area contributed by atoms with Crippen LogP contribution in [-0.2, 0) is 9.47 Å². The first kappa shape index (κ1) is 12.9. The fraction of sp³-hybridized carbons (Fsp3) is 1.00. The molecule has 0 fully saturated rings. The Balaban J connectivity index is 3.29. The van der Waals surface area contributed by atoms with Crippen LogP contribution in [0, 0.1) is 0 Å². The quantitative estimate of drug-likeness (QED) is 0.589. The minimum Gasteiger partial charge on any atom is -0.379 e. The molecule has 2 N–H and O–H groups in total. The van der Waals surface area contributed by atoms with Crippen LogP contribution in [0.15, 0.2) is 0 Å². The molecule has 0 unspecified atom stereocenters. The average molecular weight is 189 g/mol. The largest absolute Gasteiger partial charge is 0.379 e. The Morgan fingerprint density at radius 2 is 1.85 bits per heavy atom. The Labute approximate surface area is 81.6 Å². The highest BCUT2D eigenvalue weighted by Gasteiger charge is 2.16. The van der Waals surface area contributed by atoms with E-state index in [-0.39, 0.29) is 5.60 Å². The van der Waals surface area contributed by atoms with E-state index in [1.165, 1.54) is 0 Å². The molecule has 0 saturated heterocycles. The van der Waals surface area contributed by atoms with Gasteiger partial charge in [0.15, 0.2) is 0 Å². The van der Waals surface area contributed by atoms with Gasteiger partial charge in [-0.1, -0.05) is 6.92 Å². The van der Waals surface area contributed by atoms with Gasteiger partial charge in [0.2, 0.25) is 0 Å². The average Bonchev–Trinajstić information content (AvgIpc) is 2.04. The lowest BCUT2D eigenvalue weighted by molar-refractivity contribution is -0.0486. The van der Waals surface area contributed by atoms with Crippen molar-refractivity contribution in [1.29, 1.82) is 0 Å². The summed E-state index contributed by atoms with van der Waals surface area (Å²) in [4.78, 5) is 0. The van der Waals surface area contributed by atoms with E-state index in [4.69, 9.17) is 15.2 Å². The second kappa shape index (κ2) is 7.30. The van der Waals surface area contributed by atoms with Gasteiger partial charge in [-0.05, 0) is 33.2 Å². The molecule has 0 aliphatic heterocycles. The van der Waals surface area contributed by atoms with Crippen molar-refractivity contribution in [2.75, 3.05) is 26.4 Å². The summed E-state index contributed by atoms with van der Waals surface area (Å²) in [6, 6.07) is 0. The van der Waals surface area contributed by atoms with Gasteiger partial charge in [-0.25, -0.2) is 0 Å². The minimum atomic E-state index is -0.107. The van der Waals surface area contributed by atoms with Crippen LogP contribution in [0.4, 0.5) is 0 Å². The van der Waals surface area contributed by atoms with Gasteiger partial charge in [0.05, 0.1) is 18.8 Å². The molecule has 0 aliphatic carbocycles. The lowest BCUT2D eigenvalue weighted by atomic mass is 10.1. The monoisotopic (exact) mass is 189 g/mol. The summed E-state index contributed by atoms with van der Waals surface area (Å²) in [6.45, 7) is 9.04. The van der Waals surface area contributed by atoms with E-state index < -0.39 is 0 Å². The Morgan fingerprint density at radius 1 is 1.15 bits per heavy atom. The standard InChI is InChI=1S/C10H23NO2/c1-4-7-12-8-9-13-10(2,3)5-6-11/h4-9,11H2,1-3H3. The van der Waals surface area contributed by atoms with Crippen LogP contribution in [0.3, 0.4) is 0 Å². The Hall–Kier alpha value is -0.120. The molecule has 0 radical (unpaired) electrons. The van der Waals surface area contributed by atoms with Crippen molar-refractivity contribution < 1.29 is 9.47 Å². The zero-order valence-corrected chi connectivity index (χ0v) is 9.14. The molecule has 0 heterocycles. The summed E-state index contributed by atoms with van der Waals surface area (Å²) in [7, 11) is 0. The number of ether oxygens (including phenoxy) is 2. The molecule has 3 heteroatoms. The molecular formula is C10H23NO2. The third kappa shape index (κ3) is 8.22. The molecular weight excluding hydrogens is 166 g/mol. The highest BCUT2D eigenvalue weighted by atomic mass is 16.5. The molecule has 0 spiro atoms.